The molecule has 2 aromatic heterocycles. The first-order valence-electron chi connectivity index (χ1n) is 10.9. The van der Waals surface area contributed by atoms with E-state index in [1.807, 2.05) is 42.7 Å². The van der Waals surface area contributed by atoms with Crippen molar-refractivity contribution in [2.24, 2.45) is 0 Å². The predicted molar refractivity (Wildman–Crippen MR) is 130 cm³/mol. The van der Waals surface area contributed by atoms with Gasteiger partial charge in [0.15, 0.2) is 9.84 Å². The predicted octanol–water partition coefficient (Wildman–Crippen LogP) is 3.15. The summed E-state index contributed by atoms with van der Waals surface area (Å²) in [4.78, 5) is 13.3. The average Bonchev–Trinajstić information content (AvgIpc) is 2.86. The topological polar surface area (TPSA) is 78.4 Å². The Morgan fingerprint density at radius 3 is 2.58 bits per heavy atom. The lowest BCUT2D eigenvalue weighted by molar-refractivity contribution is 0.590. The summed E-state index contributed by atoms with van der Waals surface area (Å²) in [6.45, 7) is 2.41. The Hall–Kier alpha value is -3.65. The molecule has 0 amide bonds. The SMILES string of the molecule is O=S1(=O)CCN(C2=C(CN(Cc3cccnc3)c3cccnc3)C=CCN2)c2ccccc21. The van der Waals surface area contributed by atoms with Gasteiger partial charge in [0.25, 0.3) is 0 Å². The Morgan fingerprint density at radius 1 is 0.970 bits per heavy atom. The number of anilines is 2. The molecule has 33 heavy (non-hydrogen) atoms. The zero-order valence-electron chi connectivity index (χ0n) is 18.1. The Balaban J connectivity index is 1.53. The number of fused-ring (bicyclic) bond motifs is 1. The van der Waals surface area contributed by atoms with Crippen molar-refractivity contribution < 1.29 is 8.42 Å². The minimum Gasteiger partial charge on any atom is -0.368 e. The van der Waals surface area contributed by atoms with Crippen LogP contribution in [0.25, 0.3) is 0 Å². The molecule has 3 aromatic rings. The third-order valence-corrected chi connectivity index (χ3v) is 7.56. The van der Waals surface area contributed by atoms with Crippen molar-refractivity contribution in [1.82, 2.24) is 15.3 Å². The van der Waals surface area contributed by atoms with Crippen LogP contribution in [0.3, 0.4) is 0 Å². The maximum absolute atomic E-state index is 12.7. The number of rotatable bonds is 6. The van der Waals surface area contributed by atoms with E-state index < -0.39 is 9.84 Å². The van der Waals surface area contributed by atoms with Crippen molar-refractivity contribution in [2.75, 3.05) is 35.2 Å². The molecule has 0 spiro atoms. The number of pyridine rings is 2. The van der Waals surface area contributed by atoms with Gasteiger partial charge in [-0.15, -0.1) is 0 Å². The second kappa shape index (κ2) is 9.07. The van der Waals surface area contributed by atoms with E-state index in [1.165, 1.54) is 0 Å². The molecule has 0 unspecified atom stereocenters. The largest absolute Gasteiger partial charge is 0.368 e. The third-order valence-electron chi connectivity index (χ3n) is 5.82. The Labute approximate surface area is 194 Å². The van der Waals surface area contributed by atoms with E-state index in [2.05, 4.69) is 43.3 Å². The highest BCUT2D eigenvalue weighted by atomic mass is 32.2. The smallest absolute Gasteiger partial charge is 0.182 e. The first kappa shape index (κ1) is 21.2. The minimum atomic E-state index is -3.27. The zero-order chi connectivity index (χ0) is 22.7. The molecule has 168 valence electrons. The van der Waals surface area contributed by atoms with Crippen molar-refractivity contribution in [3.63, 3.8) is 0 Å². The lowest BCUT2D eigenvalue weighted by Crippen LogP contribution is -2.42. The number of dihydropyridines is 1. The second-order valence-corrected chi connectivity index (χ2v) is 10.1. The van der Waals surface area contributed by atoms with Gasteiger partial charge >= 0.3 is 0 Å². The van der Waals surface area contributed by atoms with Gasteiger partial charge in [-0.2, -0.15) is 0 Å². The fourth-order valence-corrected chi connectivity index (χ4v) is 5.69. The van der Waals surface area contributed by atoms with Crippen LogP contribution in [0.2, 0.25) is 0 Å². The van der Waals surface area contributed by atoms with Gasteiger partial charge in [-0.3, -0.25) is 9.97 Å². The monoisotopic (exact) mass is 459 g/mol. The van der Waals surface area contributed by atoms with E-state index in [0.717, 1.165) is 28.3 Å². The van der Waals surface area contributed by atoms with Crippen LogP contribution in [0.1, 0.15) is 5.56 Å². The van der Waals surface area contributed by atoms with Crippen molar-refractivity contribution in [2.45, 2.75) is 11.4 Å². The van der Waals surface area contributed by atoms with Gasteiger partial charge in [0, 0.05) is 50.3 Å². The third kappa shape index (κ3) is 4.47. The standard InChI is InChI=1S/C25H25N5O2S/c31-33(32)15-14-30(23-9-1-2-10-24(23)33)25-21(7-4-13-28-25)19-29(22-8-5-12-27-17-22)18-20-6-3-11-26-16-20/h1-12,16-17,28H,13-15,18-19H2. The molecule has 0 radical (unpaired) electrons. The maximum atomic E-state index is 12.7. The number of aromatic nitrogens is 2. The first-order valence-corrected chi connectivity index (χ1v) is 12.5. The summed E-state index contributed by atoms with van der Waals surface area (Å²) in [5, 5.41) is 3.50. The van der Waals surface area contributed by atoms with Gasteiger partial charge < -0.3 is 15.1 Å². The molecular weight excluding hydrogens is 434 g/mol. The van der Waals surface area contributed by atoms with E-state index in [4.69, 9.17) is 0 Å². The lowest BCUT2D eigenvalue weighted by Gasteiger charge is -2.36. The summed E-state index contributed by atoms with van der Waals surface area (Å²) in [7, 11) is -3.27. The van der Waals surface area contributed by atoms with Crippen LogP contribution in [0.4, 0.5) is 11.4 Å². The van der Waals surface area contributed by atoms with Crippen LogP contribution < -0.4 is 15.1 Å². The molecule has 2 aliphatic rings. The fraction of sp³-hybridized carbons (Fsp3) is 0.200. The summed E-state index contributed by atoms with van der Waals surface area (Å²) < 4.78 is 25.3. The highest BCUT2D eigenvalue weighted by Gasteiger charge is 2.31. The van der Waals surface area contributed by atoms with E-state index in [-0.39, 0.29) is 5.75 Å². The molecule has 8 heteroatoms. The molecule has 1 aromatic carbocycles. The number of hydrogen-bond donors (Lipinski definition) is 1. The van der Waals surface area contributed by atoms with Crippen molar-refractivity contribution in [3.8, 4) is 0 Å². The lowest BCUT2D eigenvalue weighted by atomic mass is 10.1. The van der Waals surface area contributed by atoms with Crippen LogP contribution in [0, 0.1) is 0 Å². The van der Waals surface area contributed by atoms with Crippen molar-refractivity contribution in [3.05, 3.63) is 102 Å². The average molecular weight is 460 g/mol. The number of sulfone groups is 1. The molecule has 0 atom stereocenters. The quantitative estimate of drug-likeness (QED) is 0.607. The number of nitrogens with one attached hydrogen (secondary N) is 1. The van der Waals surface area contributed by atoms with Crippen LogP contribution in [0.5, 0.6) is 0 Å². The molecule has 0 fully saturated rings. The Kier molecular flexibility index (Phi) is 5.83. The minimum absolute atomic E-state index is 0.0915. The van der Waals surface area contributed by atoms with Crippen LogP contribution in [-0.2, 0) is 16.4 Å². The summed E-state index contributed by atoms with van der Waals surface area (Å²) in [6, 6.07) is 15.2. The number of benzene rings is 1. The second-order valence-electron chi connectivity index (χ2n) is 8.02. The van der Waals surface area contributed by atoms with Gasteiger partial charge in [-0.25, -0.2) is 8.42 Å². The van der Waals surface area contributed by atoms with Gasteiger partial charge in [0.05, 0.1) is 28.2 Å². The van der Waals surface area contributed by atoms with Gasteiger partial charge in [0.2, 0.25) is 0 Å². The van der Waals surface area contributed by atoms with Crippen LogP contribution in [0.15, 0.2) is 102 Å². The highest BCUT2D eigenvalue weighted by Crippen LogP contribution is 2.34. The normalized spacial score (nSPS) is 16.8. The maximum Gasteiger partial charge on any atom is 0.182 e. The van der Waals surface area contributed by atoms with Crippen molar-refractivity contribution >= 4 is 21.2 Å². The van der Waals surface area contributed by atoms with E-state index >= 15 is 0 Å². The molecular formula is C25H25N5O2S. The van der Waals surface area contributed by atoms with Gasteiger partial charge in [-0.05, 0) is 35.9 Å². The molecule has 4 heterocycles. The zero-order valence-corrected chi connectivity index (χ0v) is 18.9. The van der Waals surface area contributed by atoms with E-state index in [1.54, 1.807) is 24.5 Å². The van der Waals surface area contributed by atoms with Crippen LogP contribution >= 0.6 is 0 Å². The Morgan fingerprint density at radius 2 is 1.79 bits per heavy atom. The summed E-state index contributed by atoms with van der Waals surface area (Å²) in [5.41, 5.74) is 3.92. The molecule has 0 saturated heterocycles. The van der Waals surface area contributed by atoms with Crippen LogP contribution in [-0.4, -0.2) is 43.8 Å². The molecule has 1 N–H and O–H groups in total. The first-order chi connectivity index (χ1) is 16.1. The molecule has 5 rings (SSSR count). The number of para-hydroxylation sites is 1. The van der Waals surface area contributed by atoms with E-state index in [9.17, 15) is 8.42 Å². The van der Waals surface area contributed by atoms with Gasteiger partial charge in [0.1, 0.15) is 5.82 Å². The molecule has 0 saturated carbocycles. The van der Waals surface area contributed by atoms with Gasteiger partial charge in [-0.1, -0.05) is 30.4 Å². The summed E-state index contributed by atoms with van der Waals surface area (Å²) >= 11 is 0. The number of nitrogens with zero attached hydrogens (tertiary/aromatic N) is 4. The molecule has 7 nitrogen and oxygen atoms in total. The molecule has 0 bridgehead atoms. The molecule has 2 aliphatic heterocycles. The molecule has 0 aliphatic carbocycles. The number of hydrogen-bond acceptors (Lipinski definition) is 7. The Bertz CT molecular complexity index is 1290. The van der Waals surface area contributed by atoms with E-state index in [0.29, 0.717) is 31.1 Å². The fourth-order valence-electron chi connectivity index (χ4n) is 4.26. The summed E-state index contributed by atoms with van der Waals surface area (Å²) in [6.07, 6.45) is 11.5. The highest BCUT2D eigenvalue weighted by molar-refractivity contribution is 7.91. The summed E-state index contributed by atoms with van der Waals surface area (Å²) in [5.74, 6) is 1.04. The van der Waals surface area contributed by atoms with Crippen molar-refractivity contribution in [1.29, 1.82) is 0 Å².